The molecule has 2 aliphatic rings. The van der Waals surface area contributed by atoms with Crippen molar-refractivity contribution in [1.29, 1.82) is 5.26 Å². The number of nitrogens with zero attached hydrogens (tertiary/aromatic N) is 1. The Hall–Kier alpha value is -0.590. The van der Waals surface area contributed by atoms with Gasteiger partial charge in [-0.25, -0.2) is 0 Å². The van der Waals surface area contributed by atoms with E-state index in [1.165, 1.54) is 12.8 Å². The van der Waals surface area contributed by atoms with Crippen LogP contribution in [0.1, 0.15) is 32.6 Å². The number of nitriles is 1. The van der Waals surface area contributed by atoms with E-state index in [9.17, 15) is 5.26 Å². The third-order valence-corrected chi connectivity index (χ3v) is 3.88. The first-order valence-corrected chi connectivity index (χ1v) is 6.17. The van der Waals surface area contributed by atoms with Gasteiger partial charge in [0.05, 0.1) is 6.07 Å². The lowest BCUT2D eigenvalue weighted by Gasteiger charge is -2.39. The van der Waals surface area contributed by atoms with E-state index >= 15 is 0 Å². The second-order valence-electron chi connectivity index (χ2n) is 4.97. The summed E-state index contributed by atoms with van der Waals surface area (Å²) in [5.41, 5.74) is -0.247. The van der Waals surface area contributed by atoms with Gasteiger partial charge in [0.1, 0.15) is 5.54 Å². The van der Waals surface area contributed by atoms with Crippen LogP contribution in [-0.2, 0) is 0 Å². The van der Waals surface area contributed by atoms with Gasteiger partial charge in [-0.2, -0.15) is 5.26 Å². The Labute approximate surface area is 92.2 Å². The average molecular weight is 207 g/mol. The van der Waals surface area contributed by atoms with Crippen molar-refractivity contribution in [2.45, 2.75) is 38.1 Å². The molecule has 3 heteroatoms. The summed E-state index contributed by atoms with van der Waals surface area (Å²) >= 11 is 0. The maximum absolute atomic E-state index is 9.44. The molecule has 1 saturated carbocycles. The SMILES string of the molecule is CCC1CNCCC1(C#N)NCC1CC1. The number of hydrogen-bond donors (Lipinski definition) is 2. The molecule has 0 aromatic rings. The lowest BCUT2D eigenvalue weighted by molar-refractivity contribution is 0.204. The van der Waals surface area contributed by atoms with Crippen LogP contribution in [0.15, 0.2) is 0 Å². The van der Waals surface area contributed by atoms with Crippen molar-refractivity contribution < 1.29 is 0 Å². The molecule has 0 aromatic heterocycles. The van der Waals surface area contributed by atoms with Gasteiger partial charge in [0, 0.05) is 12.5 Å². The minimum atomic E-state index is -0.247. The van der Waals surface area contributed by atoms with Crippen molar-refractivity contribution in [2.75, 3.05) is 19.6 Å². The highest BCUT2D eigenvalue weighted by Crippen LogP contribution is 2.31. The van der Waals surface area contributed by atoms with Crippen LogP contribution in [0.2, 0.25) is 0 Å². The fourth-order valence-corrected chi connectivity index (χ4v) is 2.50. The summed E-state index contributed by atoms with van der Waals surface area (Å²) in [6.45, 7) is 5.19. The summed E-state index contributed by atoms with van der Waals surface area (Å²) in [5.74, 6) is 1.32. The zero-order valence-corrected chi connectivity index (χ0v) is 9.55. The minimum absolute atomic E-state index is 0.247. The molecule has 1 saturated heterocycles. The number of rotatable bonds is 4. The van der Waals surface area contributed by atoms with Gasteiger partial charge in [0.2, 0.25) is 0 Å². The Balaban J connectivity index is 1.98. The van der Waals surface area contributed by atoms with Crippen LogP contribution in [0.5, 0.6) is 0 Å². The van der Waals surface area contributed by atoms with Gasteiger partial charge >= 0.3 is 0 Å². The molecule has 15 heavy (non-hydrogen) atoms. The zero-order valence-electron chi connectivity index (χ0n) is 9.55. The van der Waals surface area contributed by atoms with E-state index in [4.69, 9.17) is 0 Å². The highest BCUT2D eigenvalue weighted by Gasteiger charge is 2.40. The van der Waals surface area contributed by atoms with Crippen LogP contribution >= 0.6 is 0 Å². The zero-order chi connectivity index (χ0) is 10.7. The summed E-state index contributed by atoms with van der Waals surface area (Å²) in [5, 5.41) is 16.4. The van der Waals surface area contributed by atoms with Crippen molar-refractivity contribution in [2.24, 2.45) is 11.8 Å². The van der Waals surface area contributed by atoms with Gasteiger partial charge in [-0.3, -0.25) is 5.32 Å². The van der Waals surface area contributed by atoms with Crippen molar-refractivity contribution in [3.63, 3.8) is 0 Å². The quantitative estimate of drug-likeness (QED) is 0.730. The normalized spacial score (nSPS) is 36.1. The Morgan fingerprint density at radius 1 is 1.53 bits per heavy atom. The van der Waals surface area contributed by atoms with Gasteiger partial charge in [-0.15, -0.1) is 0 Å². The Bertz CT molecular complexity index is 254. The van der Waals surface area contributed by atoms with Crippen LogP contribution in [0.25, 0.3) is 0 Å². The first-order valence-electron chi connectivity index (χ1n) is 6.17. The highest BCUT2D eigenvalue weighted by atomic mass is 15.0. The van der Waals surface area contributed by atoms with Gasteiger partial charge in [-0.05, 0) is 44.7 Å². The summed E-state index contributed by atoms with van der Waals surface area (Å²) in [6.07, 6.45) is 4.74. The fourth-order valence-electron chi connectivity index (χ4n) is 2.50. The van der Waals surface area contributed by atoms with Crippen LogP contribution in [0, 0.1) is 23.2 Å². The lowest BCUT2D eigenvalue weighted by Crippen LogP contribution is -2.58. The first kappa shape index (κ1) is 10.9. The maximum atomic E-state index is 9.44. The molecule has 0 radical (unpaired) electrons. The highest BCUT2D eigenvalue weighted by molar-refractivity contribution is 5.13. The van der Waals surface area contributed by atoms with Gasteiger partial charge in [0.15, 0.2) is 0 Å². The molecule has 0 bridgehead atoms. The molecule has 1 heterocycles. The minimum Gasteiger partial charge on any atom is -0.316 e. The van der Waals surface area contributed by atoms with Crippen molar-refractivity contribution >= 4 is 0 Å². The van der Waals surface area contributed by atoms with E-state index in [-0.39, 0.29) is 5.54 Å². The van der Waals surface area contributed by atoms with Crippen molar-refractivity contribution in [3.05, 3.63) is 0 Å². The number of piperidine rings is 1. The molecule has 2 unspecified atom stereocenters. The molecule has 0 amide bonds. The molecule has 2 fully saturated rings. The van der Waals surface area contributed by atoms with Gasteiger partial charge in [-0.1, -0.05) is 6.92 Å². The first-order chi connectivity index (χ1) is 7.30. The van der Waals surface area contributed by atoms with E-state index in [1.807, 2.05) is 0 Å². The van der Waals surface area contributed by atoms with Crippen LogP contribution in [0.3, 0.4) is 0 Å². The third-order valence-electron chi connectivity index (χ3n) is 3.88. The van der Waals surface area contributed by atoms with Crippen molar-refractivity contribution in [1.82, 2.24) is 10.6 Å². The molecule has 1 aliphatic carbocycles. The summed E-state index contributed by atoms with van der Waals surface area (Å²) in [6, 6.07) is 2.55. The molecule has 2 atom stereocenters. The third kappa shape index (κ3) is 2.32. The second-order valence-corrected chi connectivity index (χ2v) is 4.97. The van der Waals surface area contributed by atoms with E-state index in [0.717, 1.165) is 38.4 Å². The number of hydrogen-bond acceptors (Lipinski definition) is 3. The maximum Gasteiger partial charge on any atom is 0.112 e. The van der Waals surface area contributed by atoms with Crippen LogP contribution < -0.4 is 10.6 Å². The van der Waals surface area contributed by atoms with Crippen molar-refractivity contribution in [3.8, 4) is 6.07 Å². The molecule has 84 valence electrons. The van der Waals surface area contributed by atoms with E-state index in [1.54, 1.807) is 0 Å². The van der Waals surface area contributed by atoms with E-state index < -0.39 is 0 Å². The summed E-state index contributed by atoms with van der Waals surface area (Å²) in [7, 11) is 0. The largest absolute Gasteiger partial charge is 0.316 e. The Kier molecular flexibility index (Phi) is 3.28. The smallest absolute Gasteiger partial charge is 0.112 e. The second kappa shape index (κ2) is 4.51. The topological polar surface area (TPSA) is 47.9 Å². The molecule has 3 nitrogen and oxygen atoms in total. The van der Waals surface area contributed by atoms with Gasteiger partial charge in [0.25, 0.3) is 0 Å². The van der Waals surface area contributed by atoms with Gasteiger partial charge < -0.3 is 5.32 Å². The summed E-state index contributed by atoms with van der Waals surface area (Å²) < 4.78 is 0. The van der Waals surface area contributed by atoms with Crippen LogP contribution in [-0.4, -0.2) is 25.2 Å². The molecule has 0 aromatic carbocycles. The molecule has 0 spiro atoms. The van der Waals surface area contributed by atoms with E-state index in [2.05, 4.69) is 23.6 Å². The molecule has 2 N–H and O–H groups in total. The molecular weight excluding hydrogens is 186 g/mol. The Morgan fingerprint density at radius 3 is 2.93 bits per heavy atom. The lowest BCUT2D eigenvalue weighted by atomic mass is 9.78. The average Bonchev–Trinajstić information content (AvgIpc) is 3.10. The van der Waals surface area contributed by atoms with E-state index in [0.29, 0.717) is 5.92 Å². The number of nitrogens with one attached hydrogen (secondary N) is 2. The van der Waals surface area contributed by atoms with Crippen LogP contribution in [0.4, 0.5) is 0 Å². The summed E-state index contributed by atoms with van der Waals surface area (Å²) in [4.78, 5) is 0. The molecular formula is C12H21N3. The molecule has 1 aliphatic heterocycles. The molecule has 2 rings (SSSR count). The Morgan fingerprint density at radius 2 is 2.33 bits per heavy atom. The standard InChI is InChI=1S/C12H21N3/c1-2-11-8-14-6-5-12(11,9-13)15-7-10-3-4-10/h10-11,14-15H,2-8H2,1H3. The predicted molar refractivity (Wildman–Crippen MR) is 60.3 cm³/mol. The predicted octanol–water partition coefficient (Wildman–Crippen LogP) is 1.27. The fraction of sp³-hybridized carbons (Fsp3) is 0.917. The monoisotopic (exact) mass is 207 g/mol.